The third kappa shape index (κ3) is 5.85. The number of carbonyl (C=O) groups is 1. The Balaban J connectivity index is 2.14. The topological polar surface area (TPSA) is 63.7 Å². The Kier molecular flexibility index (Phi) is 8.07. The van der Waals surface area contributed by atoms with E-state index in [4.69, 9.17) is 39.5 Å². The van der Waals surface area contributed by atoms with Crippen molar-refractivity contribution in [3.8, 4) is 0 Å². The normalized spacial score (nSPS) is 20.7. The second-order valence-corrected chi connectivity index (χ2v) is 13.3. The van der Waals surface area contributed by atoms with Crippen LogP contribution >= 0.6 is 34.8 Å². The van der Waals surface area contributed by atoms with Crippen LogP contribution in [0.5, 0.6) is 0 Å². The quantitative estimate of drug-likeness (QED) is 0.439. The lowest BCUT2D eigenvalue weighted by Gasteiger charge is -2.45. The molecule has 0 saturated carbocycles. The van der Waals surface area contributed by atoms with Crippen LogP contribution < -0.4 is 0 Å². The predicted molar refractivity (Wildman–Crippen MR) is 134 cm³/mol. The summed E-state index contributed by atoms with van der Waals surface area (Å²) in [6.07, 6.45) is -0.125. The molecule has 2 aromatic rings. The number of hydrogen-bond acceptors (Lipinski definition) is 4. The van der Waals surface area contributed by atoms with Gasteiger partial charge in [0.2, 0.25) is 5.91 Å². The highest BCUT2D eigenvalue weighted by atomic mass is 35.5. The molecular formula is C24H28Cl3NO4S. The number of nitrogens with zero attached hydrogens (tertiary/aromatic N) is 1. The number of hydrogen-bond donors (Lipinski definition) is 0. The monoisotopic (exact) mass is 531 g/mol. The predicted octanol–water partition coefficient (Wildman–Crippen LogP) is 6.28. The summed E-state index contributed by atoms with van der Waals surface area (Å²) in [5.74, 6) is -0.415. The number of amides is 1. The molecule has 9 heteroatoms. The van der Waals surface area contributed by atoms with Crippen molar-refractivity contribution < 1.29 is 17.9 Å². The maximum absolute atomic E-state index is 13.2. The molecule has 180 valence electrons. The Hall–Kier alpha value is -1.31. The van der Waals surface area contributed by atoms with Gasteiger partial charge in [-0.3, -0.25) is 4.79 Å². The maximum Gasteiger partial charge on any atom is 0.249 e. The van der Waals surface area contributed by atoms with E-state index >= 15 is 0 Å². The highest BCUT2D eigenvalue weighted by molar-refractivity contribution is 7.92. The number of benzene rings is 2. The minimum atomic E-state index is -3.49. The van der Waals surface area contributed by atoms with E-state index < -0.39 is 32.8 Å². The average molecular weight is 533 g/mol. The van der Waals surface area contributed by atoms with Gasteiger partial charge in [-0.1, -0.05) is 53.9 Å². The molecule has 0 spiro atoms. The van der Waals surface area contributed by atoms with Crippen molar-refractivity contribution in [2.24, 2.45) is 0 Å². The van der Waals surface area contributed by atoms with Crippen LogP contribution in [0.15, 0.2) is 42.5 Å². The second-order valence-electron chi connectivity index (χ2n) is 9.19. The molecule has 33 heavy (non-hydrogen) atoms. The highest BCUT2D eigenvalue weighted by Gasteiger charge is 2.44. The first kappa shape index (κ1) is 26.3. The molecule has 1 amide bonds. The van der Waals surface area contributed by atoms with Crippen LogP contribution in [0.2, 0.25) is 15.1 Å². The first-order valence-electron chi connectivity index (χ1n) is 10.7. The largest absolute Gasteiger partial charge is 0.361 e. The Bertz CT molecular complexity index is 1090. The van der Waals surface area contributed by atoms with Crippen molar-refractivity contribution in [1.29, 1.82) is 0 Å². The summed E-state index contributed by atoms with van der Waals surface area (Å²) >= 11 is 18.6. The number of morpholine rings is 1. The summed E-state index contributed by atoms with van der Waals surface area (Å²) in [6, 6.07) is 11.1. The van der Waals surface area contributed by atoms with Crippen molar-refractivity contribution >= 4 is 50.5 Å². The summed E-state index contributed by atoms with van der Waals surface area (Å²) in [6.45, 7) is 6.72. The fourth-order valence-electron chi connectivity index (χ4n) is 3.97. The standard InChI is InChI=1S/C24H28Cl3NO4S/c1-5-20(14-33(30,31)24(2,3)4)28-21(29)13-32-23(16-10-18(26)12-19(27)11-16)22(28)15-6-8-17(25)9-7-15/h6-12,20,22-23H,5,13-14H2,1-4H3/t20-,22?,23?/m0/s1. The zero-order chi connectivity index (χ0) is 24.6. The first-order chi connectivity index (χ1) is 15.3. The zero-order valence-electron chi connectivity index (χ0n) is 19.0. The molecule has 1 aliphatic rings. The van der Waals surface area contributed by atoms with Gasteiger partial charge in [-0.05, 0) is 68.7 Å². The van der Waals surface area contributed by atoms with E-state index in [0.29, 0.717) is 27.1 Å². The van der Waals surface area contributed by atoms with Crippen molar-refractivity contribution in [2.75, 3.05) is 12.4 Å². The molecule has 0 bridgehead atoms. The second kappa shape index (κ2) is 10.1. The zero-order valence-corrected chi connectivity index (χ0v) is 22.1. The molecule has 1 heterocycles. The van der Waals surface area contributed by atoms with Crippen LogP contribution in [-0.4, -0.2) is 42.4 Å². The first-order valence-corrected chi connectivity index (χ1v) is 13.5. The summed E-state index contributed by atoms with van der Waals surface area (Å²) in [5.41, 5.74) is 1.48. The van der Waals surface area contributed by atoms with E-state index in [1.165, 1.54) is 0 Å². The molecule has 3 rings (SSSR count). The van der Waals surface area contributed by atoms with Crippen LogP contribution in [0.4, 0.5) is 0 Å². The molecule has 0 aliphatic carbocycles. The van der Waals surface area contributed by atoms with E-state index in [-0.39, 0.29) is 18.3 Å². The minimum absolute atomic E-state index is 0.147. The van der Waals surface area contributed by atoms with E-state index in [9.17, 15) is 13.2 Å². The van der Waals surface area contributed by atoms with Gasteiger partial charge in [0.25, 0.3) is 0 Å². The van der Waals surface area contributed by atoms with Gasteiger partial charge in [0.1, 0.15) is 12.7 Å². The maximum atomic E-state index is 13.2. The summed E-state index contributed by atoms with van der Waals surface area (Å²) < 4.78 is 31.2. The number of ether oxygens (including phenoxy) is 1. The number of halogens is 3. The van der Waals surface area contributed by atoms with Gasteiger partial charge < -0.3 is 9.64 Å². The van der Waals surface area contributed by atoms with Crippen molar-refractivity contribution in [3.05, 3.63) is 68.7 Å². The van der Waals surface area contributed by atoms with Crippen molar-refractivity contribution in [2.45, 2.75) is 57.1 Å². The van der Waals surface area contributed by atoms with Crippen molar-refractivity contribution in [3.63, 3.8) is 0 Å². The third-order valence-corrected chi connectivity index (χ3v) is 9.27. The SMILES string of the molecule is CC[C@@H](CS(=O)(=O)C(C)(C)C)N1C(=O)COC(c2cc(Cl)cc(Cl)c2)C1c1ccc(Cl)cc1. The summed E-state index contributed by atoms with van der Waals surface area (Å²) in [4.78, 5) is 14.9. The van der Waals surface area contributed by atoms with Gasteiger partial charge in [-0.15, -0.1) is 0 Å². The van der Waals surface area contributed by atoms with Crippen LogP contribution in [-0.2, 0) is 19.4 Å². The molecule has 2 unspecified atom stereocenters. The van der Waals surface area contributed by atoms with E-state index in [2.05, 4.69) is 0 Å². The fraction of sp³-hybridized carbons (Fsp3) is 0.458. The molecule has 0 radical (unpaired) electrons. The lowest BCUT2D eigenvalue weighted by Crippen LogP contribution is -2.53. The van der Waals surface area contributed by atoms with Crippen LogP contribution in [0.1, 0.15) is 57.4 Å². The van der Waals surface area contributed by atoms with E-state index in [0.717, 1.165) is 5.56 Å². The molecule has 1 saturated heterocycles. The molecule has 1 aliphatic heterocycles. The average Bonchev–Trinajstić information content (AvgIpc) is 2.71. The lowest BCUT2D eigenvalue weighted by atomic mass is 9.91. The molecule has 2 aromatic carbocycles. The minimum Gasteiger partial charge on any atom is -0.361 e. The van der Waals surface area contributed by atoms with Gasteiger partial charge in [-0.2, -0.15) is 0 Å². The molecular weight excluding hydrogens is 505 g/mol. The Labute approximate surface area is 210 Å². The molecule has 3 atom stereocenters. The Morgan fingerprint density at radius 2 is 1.58 bits per heavy atom. The molecule has 1 fully saturated rings. The van der Waals surface area contributed by atoms with Crippen LogP contribution in [0, 0.1) is 0 Å². The summed E-state index contributed by atoms with van der Waals surface area (Å²) in [5, 5.41) is 1.45. The number of rotatable bonds is 6. The summed E-state index contributed by atoms with van der Waals surface area (Å²) in [7, 11) is -3.49. The third-order valence-electron chi connectivity index (χ3n) is 5.90. The molecule has 0 N–H and O–H groups in total. The van der Waals surface area contributed by atoms with E-state index in [1.807, 2.05) is 19.1 Å². The van der Waals surface area contributed by atoms with Gasteiger partial charge in [-0.25, -0.2) is 8.42 Å². The van der Waals surface area contributed by atoms with E-state index in [1.54, 1.807) is 56.0 Å². The Morgan fingerprint density at radius 1 is 1.00 bits per heavy atom. The lowest BCUT2D eigenvalue weighted by molar-refractivity contribution is -0.162. The number of carbonyl (C=O) groups excluding carboxylic acids is 1. The molecule has 5 nitrogen and oxygen atoms in total. The highest BCUT2D eigenvalue weighted by Crippen LogP contribution is 2.43. The Morgan fingerprint density at radius 3 is 2.09 bits per heavy atom. The fourth-order valence-corrected chi connectivity index (χ4v) is 6.04. The van der Waals surface area contributed by atoms with Gasteiger partial charge in [0.05, 0.1) is 16.5 Å². The van der Waals surface area contributed by atoms with Gasteiger partial charge in [0, 0.05) is 21.1 Å². The van der Waals surface area contributed by atoms with Gasteiger partial charge >= 0.3 is 0 Å². The number of sulfone groups is 1. The molecule has 0 aromatic heterocycles. The smallest absolute Gasteiger partial charge is 0.249 e. The van der Waals surface area contributed by atoms with Crippen LogP contribution in [0.3, 0.4) is 0 Å². The van der Waals surface area contributed by atoms with Gasteiger partial charge in [0.15, 0.2) is 9.84 Å². The van der Waals surface area contributed by atoms with Crippen molar-refractivity contribution in [1.82, 2.24) is 4.90 Å². The van der Waals surface area contributed by atoms with Crippen LogP contribution in [0.25, 0.3) is 0 Å².